The Kier molecular flexibility index (Phi) is 3.88. The fourth-order valence-electron chi connectivity index (χ4n) is 1.54. The summed E-state index contributed by atoms with van der Waals surface area (Å²) in [4.78, 5) is 10.4. The minimum absolute atomic E-state index is 0.0183. The molecular weight excluding hydrogens is 325 g/mol. The van der Waals surface area contributed by atoms with Gasteiger partial charge in [-0.25, -0.2) is 17.6 Å². The number of aryl methyl sites for hydroxylation is 1. The molecule has 0 atom stereocenters. The van der Waals surface area contributed by atoms with E-state index in [0.29, 0.717) is 6.07 Å². The monoisotopic (exact) mass is 333 g/mol. The quantitative estimate of drug-likeness (QED) is 0.887. The smallest absolute Gasteiger partial charge is 0.337 e. The number of hydrogen-bond acceptors (Lipinski definition) is 4. The van der Waals surface area contributed by atoms with Gasteiger partial charge in [-0.2, -0.15) is 5.10 Å². The summed E-state index contributed by atoms with van der Waals surface area (Å²) in [6.45, 7) is 0. The minimum Gasteiger partial charge on any atom is -0.478 e. The average molecular weight is 334 g/mol. The molecule has 0 fully saturated rings. The third kappa shape index (κ3) is 3.14. The molecule has 1 aromatic heterocycles. The molecule has 2 aromatic rings. The van der Waals surface area contributed by atoms with Crippen molar-refractivity contribution in [1.82, 2.24) is 9.78 Å². The first-order valence-electron chi connectivity index (χ1n) is 5.45. The first kappa shape index (κ1) is 15.3. The van der Waals surface area contributed by atoms with Crippen LogP contribution < -0.4 is 4.72 Å². The molecule has 0 aliphatic rings. The highest BCUT2D eigenvalue weighted by Gasteiger charge is 2.22. The summed E-state index contributed by atoms with van der Waals surface area (Å²) in [5.74, 6) is -2.66. The lowest BCUT2D eigenvalue weighted by Gasteiger charge is -2.08. The van der Waals surface area contributed by atoms with Gasteiger partial charge in [-0.3, -0.25) is 9.40 Å². The molecule has 21 heavy (non-hydrogen) atoms. The van der Waals surface area contributed by atoms with E-state index in [1.54, 1.807) is 7.05 Å². The van der Waals surface area contributed by atoms with Crippen LogP contribution in [0.15, 0.2) is 29.3 Å². The van der Waals surface area contributed by atoms with E-state index in [-0.39, 0.29) is 5.82 Å². The Hall–Kier alpha value is -2.13. The maximum Gasteiger partial charge on any atom is 0.337 e. The van der Waals surface area contributed by atoms with Crippen molar-refractivity contribution in [2.45, 2.75) is 4.90 Å². The lowest BCUT2D eigenvalue weighted by Crippen LogP contribution is -2.15. The molecule has 1 heterocycles. The van der Waals surface area contributed by atoms with Crippen molar-refractivity contribution in [2.75, 3.05) is 4.72 Å². The summed E-state index contributed by atoms with van der Waals surface area (Å²) in [7, 11) is -2.60. The second-order valence-electron chi connectivity index (χ2n) is 4.05. The van der Waals surface area contributed by atoms with Gasteiger partial charge in [-0.05, 0) is 12.1 Å². The maximum absolute atomic E-state index is 13.6. The largest absolute Gasteiger partial charge is 0.478 e. The molecule has 0 unspecified atom stereocenters. The van der Waals surface area contributed by atoms with Gasteiger partial charge in [0.05, 0.1) is 15.5 Å². The van der Waals surface area contributed by atoms with Crippen molar-refractivity contribution in [1.29, 1.82) is 0 Å². The number of nitrogens with one attached hydrogen (secondary N) is 1. The summed E-state index contributed by atoms with van der Waals surface area (Å²) in [5.41, 5.74) is -0.641. The van der Waals surface area contributed by atoms with Crippen LogP contribution in [0.5, 0.6) is 0 Å². The minimum atomic E-state index is -4.18. The number of halogens is 2. The van der Waals surface area contributed by atoms with Crippen LogP contribution in [0.1, 0.15) is 10.4 Å². The van der Waals surface area contributed by atoms with Gasteiger partial charge < -0.3 is 5.11 Å². The van der Waals surface area contributed by atoms with Crippen molar-refractivity contribution >= 4 is 33.4 Å². The van der Waals surface area contributed by atoms with Gasteiger partial charge in [0.1, 0.15) is 5.82 Å². The number of carbonyl (C=O) groups is 1. The fraction of sp³-hybridized carbons (Fsp3) is 0.0909. The van der Waals surface area contributed by atoms with Crippen LogP contribution in [0.3, 0.4) is 0 Å². The zero-order valence-corrected chi connectivity index (χ0v) is 12.1. The molecule has 0 saturated carbocycles. The predicted octanol–water partition coefficient (Wildman–Crippen LogP) is 1.71. The molecule has 0 aliphatic heterocycles. The topological polar surface area (TPSA) is 101 Å². The molecule has 0 bridgehead atoms. The number of benzene rings is 1. The summed E-state index contributed by atoms with van der Waals surface area (Å²) in [6, 6.07) is 2.81. The number of sulfonamides is 1. The molecule has 0 aliphatic carbocycles. The summed E-state index contributed by atoms with van der Waals surface area (Å²) < 4.78 is 41.2. The fourth-order valence-corrected chi connectivity index (χ4v) is 2.76. The number of rotatable bonds is 4. The van der Waals surface area contributed by atoms with Crippen molar-refractivity contribution in [3.63, 3.8) is 0 Å². The zero-order valence-electron chi connectivity index (χ0n) is 10.5. The van der Waals surface area contributed by atoms with E-state index in [1.807, 2.05) is 0 Å². The van der Waals surface area contributed by atoms with E-state index >= 15 is 0 Å². The maximum atomic E-state index is 13.6. The molecule has 0 spiro atoms. The number of aromatic nitrogens is 2. The summed E-state index contributed by atoms with van der Waals surface area (Å²) in [6.07, 6.45) is 1.50. The van der Waals surface area contributed by atoms with Gasteiger partial charge in [-0.1, -0.05) is 11.6 Å². The van der Waals surface area contributed by atoms with Crippen molar-refractivity contribution in [2.24, 2.45) is 7.05 Å². The molecule has 1 aromatic carbocycles. The van der Waals surface area contributed by atoms with E-state index in [2.05, 4.69) is 9.82 Å². The Labute approximate surface area is 124 Å². The summed E-state index contributed by atoms with van der Waals surface area (Å²) >= 11 is 5.49. The summed E-state index contributed by atoms with van der Waals surface area (Å²) in [5, 5.41) is 12.0. The lowest BCUT2D eigenvalue weighted by molar-refractivity contribution is 0.0696. The third-order valence-electron chi connectivity index (χ3n) is 2.49. The Morgan fingerprint density at radius 1 is 1.48 bits per heavy atom. The molecule has 10 heteroatoms. The number of carboxylic acid groups (broad SMARTS) is 1. The van der Waals surface area contributed by atoms with Crippen molar-refractivity contribution < 1.29 is 22.7 Å². The van der Waals surface area contributed by atoms with E-state index < -0.39 is 37.3 Å². The van der Waals surface area contributed by atoms with Crippen LogP contribution in [-0.4, -0.2) is 29.3 Å². The second-order valence-corrected chi connectivity index (χ2v) is 6.11. The molecule has 7 nitrogen and oxygen atoms in total. The van der Waals surface area contributed by atoms with Crippen LogP contribution in [0.4, 0.5) is 10.2 Å². The van der Waals surface area contributed by atoms with Gasteiger partial charge in [0, 0.05) is 19.3 Å². The lowest BCUT2D eigenvalue weighted by atomic mass is 10.2. The zero-order chi connectivity index (χ0) is 15.8. The van der Waals surface area contributed by atoms with E-state index in [1.165, 1.54) is 16.9 Å². The highest BCUT2D eigenvalue weighted by molar-refractivity contribution is 7.92. The van der Waals surface area contributed by atoms with Crippen LogP contribution in [0.25, 0.3) is 0 Å². The first-order valence-corrected chi connectivity index (χ1v) is 7.31. The first-order chi connectivity index (χ1) is 9.70. The third-order valence-corrected chi connectivity index (χ3v) is 4.21. The molecule has 0 saturated heterocycles. The van der Waals surface area contributed by atoms with E-state index in [9.17, 15) is 17.6 Å². The van der Waals surface area contributed by atoms with E-state index in [0.717, 1.165) is 6.07 Å². The number of nitrogens with zero attached hydrogens (tertiary/aromatic N) is 2. The second kappa shape index (κ2) is 5.34. The highest BCUT2D eigenvalue weighted by atomic mass is 35.5. The van der Waals surface area contributed by atoms with Crippen molar-refractivity contribution in [3.8, 4) is 0 Å². The molecule has 0 amide bonds. The van der Waals surface area contributed by atoms with Crippen LogP contribution in [0.2, 0.25) is 5.02 Å². The normalized spacial score (nSPS) is 11.4. The van der Waals surface area contributed by atoms with Crippen LogP contribution in [0, 0.1) is 5.82 Å². The Morgan fingerprint density at radius 3 is 2.67 bits per heavy atom. The molecule has 2 rings (SSSR count). The highest BCUT2D eigenvalue weighted by Crippen LogP contribution is 2.25. The number of aromatic carboxylic acids is 1. The van der Waals surface area contributed by atoms with E-state index in [4.69, 9.17) is 16.7 Å². The molecule has 112 valence electrons. The Balaban J connectivity index is 2.47. The average Bonchev–Trinajstić information content (AvgIpc) is 2.76. The van der Waals surface area contributed by atoms with Gasteiger partial charge in [-0.15, -0.1) is 0 Å². The standard InChI is InChI=1S/C11H9ClFN3O4S/c1-16-3-2-9(14-16)15-21(19,20)6-4-7(11(17)18)10(12)8(13)5-6/h2-5H,1H3,(H,14,15)(H,17,18). The van der Waals surface area contributed by atoms with Crippen LogP contribution in [-0.2, 0) is 17.1 Å². The van der Waals surface area contributed by atoms with Crippen LogP contribution >= 0.6 is 11.6 Å². The van der Waals surface area contributed by atoms with Gasteiger partial charge >= 0.3 is 5.97 Å². The Morgan fingerprint density at radius 2 is 2.14 bits per heavy atom. The SMILES string of the molecule is Cn1ccc(NS(=O)(=O)c2cc(F)c(Cl)c(C(=O)O)c2)n1. The van der Waals surface area contributed by atoms with Gasteiger partial charge in [0.25, 0.3) is 10.0 Å². The predicted molar refractivity (Wildman–Crippen MR) is 72.4 cm³/mol. The number of anilines is 1. The van der Waals surface area contributed by atoms with Gasteiger partial charge in [0.15, 0.2) is 5.82 Å². The van der Waals surface area contributed by atoms with Crippen molar-refractivity contribution in [3.05, 3.63) is 40.8 Å². The number of hydrogen-bond donors (Lipinski definition) is 2. The molecular formula is C11H9ClFN3O4S. The molecule has 2 N–H and O–H groups in total. The van der Waals surface area contributed by atoms with Gasteiger partial charge in [0.2, 0.25) is 0 Å². The Bertz CT molecular complexity index is 819. The molecule has 0 radical (unpaired) electrons. The number of carboxylic acids is 1.